The van der Waals surface area contributed by atoms with Gasteiger partial charge in [-0.3, -0.25) is 4.79 Å². The number of rotatable bonds is 6. The topological polar surface area (TPSA) is 112 Å². The predicted molar refractivity (Wildman–Crippen MR) is 81.9 cm³/mol. The number of nitrogens with one attached hydrogen (secondary N) is 2. The minimum atomic E-state index is -1.64. The number of para-hydroxylation sites is 1. The Labute approximate surface area is 127 Å². The molecule has 0 fully saturated rings. The SMILES string of the molecule is C=C(CC(O)O)C(=O)n1nc(Nc2ccccc2)nc1NC. The van der Waals surface area contributed by atoms with Crippen LogP contribution in [0.2, 0.25) is 0 Å². The first-order valence-corrected chi connectivity index (χ1v) is 6.56. The molecule has 0 spiro atoms. The zero-order chi connectivity index (χ0) is 16.1. The summed E-state index contributed by atoms with van der Waals surface area (Å²) < 4.78 is 1.02. The van der Waals surface area contributed by atoms with Crippen LogP contribution < -0.4 is 10.6 Å². The number of benzene rings is 1. The zero-order valence-electron chi connectivity index (χ0n) is 12.0. The van der Waals surface area contributed by atoms with Crippen molar-refractivity contribution >= 4 is 23.5 Å². The van der Waals surface area contributed by atoms with Gasteiger partial charge in [0.1, 0.15) is 0 Å². The van der Waals surface area contributed by atoms with Gasteiger partial charge in [-0.05, 0) is 12.1 Å². The van der Waals surface area contributed by atoms with Crippen molar-refractivity contribution in [1.82, 2.24) is 14.8 Å². The number of aromatic nitrogens is 3. The molecule has 2 rings (SSSR count). The van der Waals surface area contributed by atoms with Crippen LogP contribution in [0.25, 0.3) is 0 Å². The summed E-state index contributed by atoms with van der Waals surface area (Å²) >= 11 is 0. The molecular weight excluding hydrogens is 286 g/mol. The van der Waals surface area contributed by atoms with Gasteiger partial charge in [-0.1, -0.05) is 24.8 Å². The average Bonchev–Trinajstić information content (AvgIpc) is 2.89. The fraction of sp³-hybridized carbons (Fsp3) is 0.214. The van der Waals surface area contributed by atoms with E-state index < -0.39 is 12.2 Å². The molecule has 2 aromatic rings. The highest BCUT2D eigenvalue weighted by Gasteiger charge is 2.19. The number of anilines is 3. The molecule has 1 heterocycles. The van der Waals surface area contributed by atoms with E-state index in [4.69, 9.17) is 10.2 Å². The largest absolute Gasteiger partial charge is 0.368 e. The maximum absolute atomic E-state index is 12.2. The van der Waals surface area contributed by atoms with E-state index in [9.17, 15) is 4.79 Å². The zero-order valence-corrected chi connectivity index (χ0v) is 12.0. The van der Waals surface area contributed by atoms with Gasteiger partial charge in [0, 0.05) is 24.7 Å². The van der Waals surface area contributed by atoms with Crippen LogP contribution in [-0.2, 0) is 0 Å². The normalized spacial score (nSPS) is 10.5. The summed E-state index contributed by atoms with van der Waals surface area (Å²) in [4.78, 5) is 16.3. The third kappa shape index (κ3) is 3.68. The molecule has 0 atom stereocenters. The minimum Gasteiger partial charge on any atom is -0.368 e. The first kappa shape index (κ1) is 15.7. The van der Waals surface area contributed by atoms with E-state index in [-0.39, 0.29) is 23.9 Å². The lowest BCUT2D eigenvalue weighted by atomic mass is 10.2. The van der Waals surface area contributed by atoms with Gasteiger partial charge in [-0.2, -0.15) is 9.67 Å². The van der Waals surface area contributed by atoms with E-state index in [2.05, 4.69) is 27.3 Å². The van der Waals surface area contributed by atoms with Crippen molar-refractivity contribution in [3.8, 4) is 0 Å². The van der Waals surface area contributed by atoms with Crippen molar-refractivity contribution in [1.29, 1.82) is 0 Å². The van der Waals surface area contributed by atoms with Gasteiger partial charge in [0.25, 0.3) is 5.91 Å². The van der Waals surface area contributed by atoms with Gasteiger partial charge >= 0.3 is 0 Å². The number of carbonyl (C=O) groups is 1. The number of carbonyl (C=O) groups excluding carboxylic acids is 1. The van der Waals surface area contributed by atoms with E-state index in [1.165, 1.54) is 0 Å². The van der Waals surface area contributed by atoms with E-state index >= 15 is 0 Å². The Morgan fingerprint density at radius 3 is 2.64 bits per heavy atom. The van der Waals surface area contributed by atoms with Crippen molar-refractivity contribution in [3.05, 3.63) is 42.5 Å². The number of hydrogen-bond donors (Lipinski definition) is 4. The van der Waals surface area contributed by atoms with Gasteiger partial charge in [-0.15, -0.1) is 5.10 Å². The Morgan fingerprint density at radius 1 is 1.36 bits per heavy atom. The molecule has 0 aliphatic heterocycles. The standard InChI is InChI=1S/C14H17N5O3/c1-9(8-11(20)21)12(22)19-14(15-2)17-13(18-19)16-10-6-4-3-5-7-10/h3-7,11,20-21H,1,8H2,2H3,(H2,15,16,17,18). The van der Waals surface area contributed by atoms with E-state index in [1.807, 2.05) is 30.3 Å². The molecule has 0 aliphatic carbocycles. The lowest BCUT2D eigenvalue weighted by Crippen LogP contribution is -2.20. The Hall–Kier alpha value is -2.71. The van der Waals surface area contributed by atoms with E-state index in [0.717, 1.165) is 10.4 Å². The van der Waals surface area contributed by atoms with Gasteiger partial charge in [-0.25, -0.2) is 0 Å². The van der Waals surface area contributed by atoms with Crippen LogP contribution in [0.15, 0.2) is 42.5 Å². The number of aliphatic hydroxyl groups is 2. The molecule has 0 amide bonds. The quantitative estimate of drug-likeness (QED) is 0.464. The van der Waals surface area contributed by atoms with Crippen LogP contribution in [-0.4, -0.2) is 44.2 Å². The number of hydrogen-bond acceptors (Lipinski definition) is 7. The molecule has 0 saturated heterocycles. The molecule has 0 aliphatic rings. The van der Waals surface area contributed by atoms with Crippen molar-refractivity contribution in [2.24, 2.45) is 0 Å². The molecule has 116 valence electrons. The number of aliphatic hydroxyl groups excluding tert-OH is 1. The molecule has 4 N–H and O–H groups in total. The van der Waals surface area contributed by atoms with Crippen LogP contribution in [0.3, 0.4) is 0 Å². The van der Waals surface area contributed by atoms with Gasteiger partial charge in [0.05, 0.1) is 0 Å². The predicted octanol–water partition coefficient (Wildman–Crippen LogP) is 0.961. The van der Waals surface area contributed by atoms with Crippen LogP contribution in [0.1, 0.15) is 11.2 Å². The van der Waals surface area contributed by atoms with Crippen molar-refractivity contribution in [2.45, 2.75) is 12.7 Å². The fourth-order valence-corrected chi connectivity index (χ4v) is 1.78. The van der Waals surface area contributed by atoms with Gasteiger partial charge in [0.2, 0.25) is 11.9 Å². The summed E-state index contributed by atoms with van der Waals surface area (Å²) in [5.74, 6) is -0.107. The molecule has 0 radical (unpaired) electrons. The molecule has 22 heavy (non-hydrogen) atoms. The third-order valence-corrected chi connectivity index (χ3v) is 2.78. The number of nitrogens with zero attached hydrogens (tertiary/aromatic N) is 3. The maximum atomic E-state index is 12.2. The second-order valence-electron chi connectivity index (χ2n) is 4.51. The van der Waals surface area contributed by atoms with Gasteiger partial charge in [0.15, 0.2) is 6.29 Å². The van der Waals surface area contributed by atoms with Crippen LogP contribution in [0.5, 0.6) is 0 Å². The highest BCUT2D eigenvalue weighted by Crippen LogP contribution is 2.16. The van der Waals surface area contributed by atoms with Crippen LogP contribution >= 0.6 is 0 Å². The summed E-state index contributed by atoms with van der Waals surface area (Å²) in [7, 11) is 1.60. The summed E-state index contributed by atoms with van der Waals surface area (Å²) in [5.41, 5.74) is 0.794. The summed E-state index contributed by atoms with van der Waals surface area (Å²) in [6.07, 6.45) is -1.90. The van der Waals surface area contributed by atoms with Crippen molar-refractivity contribution < 1.29 is 15.0 Å². The van der Waals surface area contributed by atoms with Crippen LogP contribution in [0.4, 0.5) is 17.6 Å². The Morgan fingerprint density at radius 2 is 2.05 bits per heavy atom. The van der Waals surface area contributed by atoms with E-state index in [1.54, 1.807) is 7.05 Å². The van der Waals surface area contributed by atoms with E-state index in [0.29, 0.717) is 0 Å². The molecular formula is C14H17N5O3. The second-order valence-corrected chi connectivity index (χ2v) is 4.51. The molecule has 8 heteroatoms. The van der Waals surface area contributed by atoms with Crippen LogP contribution in [0, 0.1) is 0 Å². The summed E-state index contributed by atoms with van der Waals surface area (Å²) in [5, 5.41) is 27.6. The fourth-order valence-electron chi connectivity index (χ4n) is 1.78. The lowest BCUT2D eigenvalue weighted by molar-refractivity contribution is -0.0381. The molecule has 0 unspecified atom stereocenters. The Balaban J connectivity index is 2.21. The molecule has 1 aromatic heterocycles. The molecule has 8 nitrogen and oxygen atoms in total. The Bertz CT molecular complexity index is 666. The van der Waals surface area contributed by atoms with Gasteiger partial charge < -0.3 is 20.8 Å². The highest BCUT2D eigenvalue weighted by atomic mass is 16.5. The first-order valence-electron chi connectivity index (χ1n) is 6.56. The van der Waals surface area contributed by atoms with Crippen molar-refractivity contribution in [3.63, 3.8) is 0 Å². The third-order valence-electron chi connectivity index (χ3n) is 2.78. The molecule has 1 aromatic carbocycles. The second kappa shape index (κ2) is 6.83. The minimum absolute atomic E-state index is 0.0164. The highest BCUT2D eigenvalue weighted by molar-refractivity contribution is 5.96. The smallest absolute Gasteiger partial charge is 0.276 e. The first-order chi connectivity index (χ1) is 10.5. The van der Waals surface area contributed by atoms with Crippen molar-refractivity contribution in [2.75, 3.05) is 17.7 Å². The molecule has 0 bridgehead atoms. The summed E-state index contributed by atoms with van der Waals surface area (Å²) in [6, 6.07) is 9.26. The lowest BCUT2D eigenvalue weighted by Gasteiger charge is -2.07. The maximum Gasteiger partial charge on any atom is 0.276 e. The summed E-state index contributed by atoms with van der Waals surface area (Å²) in [6.45, 7) is 3.53. The monoisotopic (exact) mass is 303 g/mol. The average molecular weight is 303 g/mol. The Kier molecular flexibility index (Phi) is 4.87. The molecule has 0 saturated carbocycles.